The summed E-state index contributed by atoms with van der Waals surface area (Å²) in [5.41, 5.74) is 8.68. The monoisotopic (exact) mass is 362 g/mol. The van der Waals surface area contributed by atoms with Crippen molar-refractivity contribution >= 4 is 24.0 Å². The van der Waals surface area contributed by atoms with Crippen LogP contribution in [0.4, 0.5) is 5.69 Å². The first kappa shape index (κ1) is 20.8. The summed E-state index contributed by atoms with van der Waals surface area (Å²) >= 11 is 0. The van der Waals surface area contributed by atoms with E-state index in [2.05, 4.69) is 19.2 Å². The molecule has 5 heteroatoms. The summed E-state index contributed by atoms with van der Waals surface area (Å²) in [7, 11) is 1.65. The van der Waals surface area contributed by atoms with Gasteiger partial charge in [0.25, 0.3) is 0 Å². The number of hydrogen-bond acceptors (Lipinski definition) is 3. The van der Waals surface area contributed by atoms with Gasteiger partial charge in [-0.05, 0) is 35.7 Å². The van der Waals surface area contributed by atoms with Crippen LogP contribution < -0.4 is 15.8 Å². The van der Waals surface area contributed by atoms with Gasteiger partial charge >= 0.3 is 0 Å². The lowest BCUT2D eigenvalue weighted by Crippen LogP contribution is -2.36. The number of methoxy groups -OCH3 is 1. The fourth-order valence-corrected chi connectivity index (χ4v) is 2.56. The first-order valence-corrected chi connectivity index (χ1v) is 8.17. The minimum Gasteiger partial charge on any atom is -0.497 e. The molecule has 0 bridgehead atoms. The van der Waals surface area contributed by atoms with Crippen molar-refractivity contribution in [2.45, 2.75) is 32.1 Å². The Balaban J connectivity index is 0.00000312. The molecule has 0 fully saturated rings. The Morgan fingerprint density at radius 2 is 1.76 bits per heavy atom. The van der Waals surface area contributed by atoms with Crippen molar-refractivity contribution in [3.05, 3.63) is 59.7 Å². The molecule has 4 nitrogen and oxygen atoms in total. The van der Waals surface area contributed by atoms with Crippen molar-refractivity contribution in [3.8, 4) is 5.75 Å². The summed E-state index contributed by atoms with van der Waals surface area (Å²) in [6, 6.07) is 15.6. The number of anilines is 1. The number of carbonyl (C=O) groups is 1. The average molecular weight is 363 g/mol. The largest absolute Gasteiger partial charge is 0.497 e. The summed E-state index contributed by atoms with van der Waals surface area (Å²) in [5, 5.41) is 3.03. The van der Waals surface area contributed by atoms with Gasteiger partial charge in [0, 0.05) is 24.1 Å². The summed E-state index contributed by atoms with van der Waals surface area (Å²) in [6.45, 7) is 4.82. The Bertz CT molecular complexity index is 684. The Kier molecular flexibility index (Phi) is 7.78. The van der Waals surface area contributed by atoms with Crippen LogP contribution in [0.1, 0.15) is 31.4 Å². The van der Waals surface area contributed by atoms with Crippen molar-refractivity contribution in [1.82, 2.24) is 5.32 Å². The molecule has 0 unspecified atom stereocenters. The van der Waals surface area contributed by atoms with Crippen LogP contribution in [0.25, 0.3) is 0 Å². The molecular weight excluding hydrogens is 336 g/mol. The molecule has 0 aliphatic carbocycles. The number of benzene rings is 2. The molecule has 0 saturated carbocycles. The van der Waals surface area contributed by atoms with Gasteiger partial charge in [0.1, 0.15) is 5.75 Å². The first-order chi connectivity index (χ1) is 11.4. The maximum Gasteiger partial charge on any atom is 0.220 e. The van der Waals surface area contributed by atoms with Gasteiger partial charge in [-0.25, -0.2) is 0 Å². The lowest BCUT2D eigenvalue weighted by molar-refractivity contribution is -0.121. The Morgan fingerprint density at radius 3 is 2.36 bits per heavy atom. The molecule has 2 aromatic rings. The van der Waals surface area contributed by atoms with Gasteiger partial charge in [0.2, 0.25) is 5.91 Å². The minimum atomic E-state index is -0.145. The second kappa shape index (κ2) is 9.33. The Hall–Kier alpha value is -2.20. The van der Waals surface area contributed by atoms with Crippen LogP contribution in [0.2, 0.25) is 0 Å². The molecule has 0 heterocycles. The van der Waals surface area contributed by atoms with Gasteiger partial charge in [0.15, 0.2) is 0 Å². The lowest BCUT2D eigenvalue weighted by atomic mass is 9.84. The molecule has 0 atom stereocenters. The number of aryl methyl sites for hydroxylation is 1. The third-order valence-electron chi connectivity index (χ3n) is 4.28. The molecule has 0 aromatic heterocycles. The van der Waals surface area contributed by atoms with Crippen LogP contribution >= 0.6 is 12.4 Å². The van der Waals surface area contributed by atoms with Crippen LogP contribution in [0.3, 0.4) is 0 Å². The van der Waals surface area contributed by atoms with Crippen LogP contribution in [-0.4, -0.2) is 19.6 Å². The minimum absolute atomic E-state index is 0. The number of halogens is 1. The van der Waals surface area contributed by atoms with E-state index in [1.165, 1.54) is 0 Å². The molecule has 2 aromatic carbocycles. The molecule has 0 aliphatic heterocycles. The van der Waals surface area contributed by atoms with Crippen molar-refractivity contribution in [2.75, 3.05) is 19.4 Å². The highest BCUT2D eigenvalue weighted by molar-refractivity contribution is 5.85. The predicted molar refractivity (Wildman–Crippen MR) is 105 cm³/mol. The quantitative estimate of drug-likeness (QED) is 0.738. The summed E-state index contributed by atoms with van der Waals surface area (Å²) in [4.78, 5) is 12.1. The van der Waals surface area contributed by atoms with E-state index >= 15 is 0 Å². The van der Waals surface area contributed by atoms with Crippen molar-refractivity contribution < 1.29 is 9.53 Å². The smallest absolute Gasteiger partial charge is 0.220 e. The summed E-state index contributed by atoms with van der Waals surface area (Å²) in [6.07, 6.45) is 1.09. The van der Waals surface area contributed by atoms with Crippen molar-refractivity contribution in [3.63, 3.8) is 0 Å². The number of rotatable bonds is 7. The highest BCUT2D eigenvalue weighted by atomic mass is 35.5. The van der Waals surface area contributed by atoms with Gasteiger partial charge in [-0.15, -0.1) is 12.4 Å². The van der Waals surface area contributed by atoms with E-state index in [1.807, 2.05) is 48.5 Å². The molecule has 136 valence electrons. The van der Waals surface area contributed by atoms with E-state index < -0.39 is 0 Å². The zero-order chi connectivity index (χ0) is 17.6. The fourth-order valence-electron chi connectivity index (χ4n) is 2.56. The Morgan fingerprint density at radius 1 is 1.12 bits per heavy atom. The number of ether oxygens (including phenoxy) is 1. The first-order valence-electron chi connectivity index (χ1n) is 8.17. The van der Waals surface area contributed by atoms with E-state index in [4.69, 9.17) is 10.5 Å². The third kappa shape index (κ3) is 5.98. The molecular formula is C20H27ClN2O2. The summed E-state index contributed by atoms with van der Waals surface area (Å²) in [5.74, 6) is 0.874. The van der Waals surface area contributed by atoms with Crippen molar-refractivity contribution in [2.24, 2.45) is 0 Å². The topological polar surface area (TPSA) is 64.3 Å². The molecule has 2 rings (SSSR count). The number of nitrogens with two attached hydrogens (primary N) is 1. The molecule has 0 radical (unpaired) electrons. The maximum atomic E-state index is 12.1. The maximum absolute atomic E-state index is 12.1. The number of nitrogens with one attached hydrogen (secondary N) is 1. The lowest BCUT2D eigenvalue weighted by Gasteiger charge is -2.26. The van der Waals surface area contributed by atoms with E-state index in [9.17, 15) is 4.79 Å². The standard InChI is InChI=1S/C20H26N2O2.ClH/c1-20(2,16-9-11-17(24-3)12-10-16)14-22-19(23)13-8-15-6-4-5-7-18(15)21;/h4-7,9-12H,8,13-14,21H2,1-3H3,(H,22,23);1H. The number of nitrogen functional groups attached to an aromatic ring is 1. The average Bonchev–Trinajstić information content (AvgIpc) is 2.59. The number of para-hydroxylation sites is 1. The zero-order valence-electron chi connectivity index (χ0n) is 15.0. The van der Waals surface area contributed by atoms with Gasteiger partial charge in [-0.3, -0.25) is 4.79 Å². The third-order valence-corrected chi connectivity index (χ3v) is 4.28. The van der Waals surface area contributed by atoms with E-state index in [0.717, 1.165) is 22.6 Å². The van der Waals surface area contributed by atoms with Crippen LogP contribution in [0.15, 0.2) is 48.5 Å². The van der Waals surface area contributed by atoms with Crippen LogP contribution in [0.5, 0.6) is 5.75 Å². The molecule has 0 aliphatic rings. The van der Waals surface area contributed by atoms with Gasteiger partial charge in [-0.1, -0.05) is 44.2 Å². The van der Waals surface area contributed by atoms with Gasteiger partial charge < -0.3 is 15.8 Å². The molecule has 25 heavy (non-hydrogen) atoms. The number of amides is 1. The number of carbonyl (C=O) groups excluding carboxylic acids is 1. The Labute approximate surface area is 156 Å². The highest BCUT2D eigenvalue weighted by Crippen LogP contribution is 2.24. The fraction of sp³-hybridized carbons (Fsp3) is 0.350. The second-order valence-corrected chi connectivity index (χ2v) is 6.59. The molecule has 1 amide bonds. The number of hydrogen-bond donors (Lipinski definition) is 2. The van der Waals surface area contributed by atoms with Crippen LogP contribution in [-0.2, 0) is 16.6 Å². The van der Waals surface area contributed by atoms with Gasteiger partial charge in [0.05, 0.1) is 7.11 Å². The second-order valence-electron chi connectivity index (χ2n) is 6.59. The molecule has 3 N–H and O–H groups in total. The SMILES string of the molecule is COc1ccc(C(C)(C)CNC(=O)CCc2ccccc2N)cc1.Cl. The van der Waals surface area contributed by atoms with E-state index in [-0.39, 0.29) is 23.7 Å². The van der Waals surface area contributed by atoms with E-state index in [0.29, 0.717) is 19.4 Å². The van der Waals surface area contributed by atoms with Crippen molar-refractivity contribution in [1.29, 1.82) is 0 Å². The predicted octanol–water partition coefficient (Wildman–Crippen LogP) is 3.73. The van der Waals surface area contributed by atoms with E-state index in [1.54, 1.807) is 7.11 Å². The highest BCUT2D eigenvalue weighted by Gasteiger charge is 2.21. The molecule has 0 saturated heterocycles. The normalized spacial score (nSPS) is 10.7. The zero-order valence-corrected chi connectivity index (χ0v) is 15.9. The summed E-state index contributed by atoms with van der Waals surface area (Å²) < 4.78 is 5.18. The molecule has 0 spiro atoms. The van der Waals surface area contributed by atoms with Gasteiger partial charge in [-0.2, -0.15) is 0 Å². The van der Waals surface area contributed by atoms with Crippen LogP contribution in [0, 0.1) is 0 Å².